The molecule has 4 aliphatic rings. The first-order valence-electron chi connectivity index (χ1n) is 13.3. The number of aliphatic hydroxyl groups excluding tert-OH is 1. The van der Waals surface area contributed by atoms with E-state index in [9.17, 15) is 19.5 Å². The number of hydrogen-bond acceptors (Lipinski definition) is 5. The molecule has 2 saturated heterocycles. The summed E-state index contributed by atoms with van der Waals surface area (Å²) in [5.41, 5.74) is 0.610. The van der Waals surface area contributed by atoms with Crippen LogP contribution in [0.2, 0.25) is 0 Å². The summed E-state index contributed by atoms with van der Waals surface area (Å²) in [5.74, 6) is -2.08. The van der Waals surface area contributed by atoms with Crippen LogP contribution in [0.25, 0.3) is 0 Å². The van der Waals surface area contributed by atoms with Gasteiger partial charge in [-0.15, -0.1) is 0 Å². The summed E-state index contributed by atoms with van der Waals surface area (Å²) in [7, 11) is 1.75. The highest BCUT2D eigenvalue weighted by atomic mass is 16.5. The number of carbonyl (C=O) groups excluding carboxylic acids is 3. The Balaban J connectivity index is 1.66. The van der Waals surface area contributed by atoms with Crippen LogP contribution in [0, 0.1) is 25.7 Å². The summed E-state index contributed by atoms with van der Waals surface area (Å²) >= 11 is 0. The van der Waals surface area contributed by atoms with E-state index in [0.717, 1.165) is 16.8 Å². The van der Waals surface area contributed by atoms with Crippen molar-refractivity contribution in [3.63, 3.8) is 0 Å². The quantitative estimate of drug-likeness (QED) is 0.472. The normalized spacial score (nSPS) is 32.9. The van der Waals surface area contributed by atoms with Crippen molar-refractivity contribution < 1.29 is 24.2 Å². The summed E-state index contributed by atoms with van der Waals surface area (Å²) in [6, 6.07) is 5.11. The Morgan fingerprint density at radius 2 is 1.76 bits per heavy atom. The van der Waals surface area contributed by atoms with E-state index in [2.05, 4.69) is 0 Å². The van der Waals surface area contributed by atoms with Gasteiger partial charge in [-0.3, -0.25) is 14.4 Å². The van der Waals surface area contributed by atoms with Gasteiger partial charge in [0.05, 0.1) is 17.4 Å². The van der Waals surface area contributed by atoms with Crippen molar-refractivity contribution in [2.45, 2.75) is 57.3 Å². The fourth-order valence-corrected chi connectivity index (χ4v) is 6.74. The van der Waals surface area contributed by atoms with E-state index in [1.807, 2.05) is 63.3 Å². The zero-order chi connectivity index (χ0) is 26.5. The van der Waals surface area contributed by atoms with Crippen LogP contribution >= 0.6 is 0 Å². The Kier molecular flexibility index (Phi) is 6.52. The van der Waals surface area contributed by atoms with Gasteiger partial charge < -0.3 is 24.5 Å². The molecule has 1 aromatic rings. The first-order valence-corrected chi connectivity index (χ1v) is 13.3. The minimum atomic E-state index is -1.25. The average Bonchev–Trinajstić information content (AvgIpc) is 3.17. The predicted molar refractivity (Wildman–Crippen MR) is 140 cm³/mol. The highest BCUT2D eigenvalue weighted by Gasteiger charge is 2.75. The van der Waals surface area contributed by atoms with Gasteiger partial charge in [-0.05, 0) is 50.3 Å². The number of fused-ring (bicyclic) bond motifs is 2. The second-order valence-electron chi connectivity index (χ2n) is 10.8. The minimum Gasteiger partial charge on any atom is -0.396 e. The molecule has 37 heavy (non-hydrogen) atoms. The zero-order valence-corrected chi connectivity index (χ0v) is 22.1. The number of unbranched alkanes of at least 4 members (excludes halogenated alkanes) is 1. The van der Waals surface area contributed by atoms with Gasteiger partial charge in [-0.2, -0.15) is 0 Å². The monoisotopic (exact) mass is 507 g/mol. The number of hydrogen-bond donors (Lipinski definition) is 1. The maximum absolute atomic E-state index is 14.5. The van der Waals surface area contributed by atoms with Crippen LogP contribution in [0.15, 0.2) is 42.5 Å². The van der Waals surface area contributed by atoms with Crippen LogP contribution in [-0.2, 0) is 19.1 Å². The molecule has 0 saturated carbocycles. The molecule has 1 N–H and O–H groups in total. The Labute approximate surface area is 218 Å². The summed E-state index contributed by atoms with van der Waals surface area (Å²) in [6.07, 6.45) is 9.28. The molecule has 5 atom stereocenters. The zero-order valence-electron chi connectivity index (χ0n) is 22.1. The molecule has 0 aliphatic carbocycles. The van der Waals surface area contributed by atoms with Crippen LogP contribution < -0.4 is 4.90 Å². The highest BCUT2D eigenvalue weighted by Crippen LogP contribution is 2.58. The Bertz CT molecular complexity index is 1180. The van der Waals surface area contributed by atoms with Gasteiger partial charge in [0.2, 0.25) is 11.8 Å². The van der Waals surface area contributed by atoms with Crippen molar-refractivity contribution in [3.8, 4) is 0 Å². The van der Waals surface area contributed by atoms with Gasteiger partial charge in [0.25, 0.3) is 5.91 Å². The number of rotatable bonds is 6. The van der Waals surface area contributed by atoms with Gasteiger partial charge in [0.1, 0.15) is 11.6 Å². The molecule has 8 heteroatoms. The largest absolute Gasteiger partial charge is 0.396 e. The lowest BCUT2D eigenvalue weighted by Gasteiger charge is -2.38. The van der Waals surface area contributed by atoms with Gasteiger partial charge in [-0.1, -0.05) is 43.4 Å². The number of likely N-dealkylation sites (tertiary alicyclic amines) is 1. The van der Waals surface area contributed by atoms with Gasteiger partial charge in [0, 0.05) is 39.0 Å². The van der Waals surface area contributed by atoms with E-state index in [-0.39, 0.29) is 24.3 Å². The maximum Gasteiger partial charge on any atom is 0.253 e. The van der Waals surface area contributed by atoms with E-state index >= 15 is 0 Å². The number of anilines is 1. The molecule has 3 amide bonds. The van der Waals surface area contributed by atoms with Gasteiger partial charge in [-0.25, -0.2) is 0 Å². The predicted octanol–water partition coefficient (Wildman–Crippen LogP) is 2.37. The van der Waals surface area contributed by atoms with Crippen LogP contribution in [0.5, 0.6) is 0 Å². The Morgan fingerprint density at radius 3 is 2.49 bits per heavy atom. The van der Waals surface area contributed by atoms with E-state index in [0.29, 0.717) is 38.9 Å². The number of likely N-dealkylation sites (N-methyl/N-ethyl adjacent to an activating group) is 1. The molecule has 4 heterocycles. The van der Waals surface area contributed by atoms with E-state index in [1.54, 1.807) is 21.7 Å². The molecule has 0 aromatic heterocycles. The number of aryl methyl sites for hydroxylation is 2. The fraction of sp³-hybridized carbons (Fsp3) is 0.552. The Morgan fingerprint density at radius 1 is 1.00 bits per heavy atom. The molecule has 1 aromatic carbocycles. The smallest absolute Gasteiger partial charge is 0.253 e. The number of ether oxygens (including phenoxy) is 1. The lowest BCUT2D eigenvalue weighted by Crippen LogP contribution is -2.56. The third-order valence-electron chi connectivity index (χ3n) is 8.60. The van der Waals surface area contributed by atoms with Crippen LogP contribution in [-0.4, -0.2) is 83.2 Å². The van der Waals surface area contributed by atoms with Crippen LogP contribution in [0.3, 0.4) is 0 Å². The fourth-order valence-electron chi connectivity index (χ4n) is 6.74. The third-order valence-corrected chi connectivity index (χ3v) is 8.60. The first kappa shape index (κ1) is 25.7. The number of aliphatic hydroxyl groups is 1. The van der Waals surface area contributed by atoms with E-state index < -0.39 is 29.1 Å². The topological polar surface area (TPSA) is 90.4 Å². The summed E-state index contributed by atoms with van der Waals surface area (Å²) < 4.78 is 6.93. The number of carbonyl (C=O) groups is 3. The van der Waals surface area contributed by atoms with E-state index in [1.165, 1.54) is 0 Å². The molecular weight excluding hydrogens is 470 g/mol. The minimum absolute atomic E-state index is 0.00980. The molecule has 1 spiro atoms. The first-order chi connectivity index (χ1) is 17.7. The molecule has 0 bridgehead atoms. The van der Waals surface area contributed by atoms with Crippen LogP contribution in [0.4, 0.5) is 5.69 Å². The van der Waals surface area contributed by atoms with Gasteiger partial charge in [0.15, 0.2) is 0 Å². The molecule has 198 valence electrons. The molecule has 1 unspecified atom stereocenters. The van der Waals surface area contributed by atoms with Crippen molar-refractivity contribution >= 4 is 23.4 Å². The molecular formula is C29H37N3O5. The molecule has 8 nitrogen and oxygen atoms in total. The van der Waals surface area contributed by atoms with Crippen molar-refractivity contribution in [3.05, 3.63) is 53.6 Å². The lowest BCUT2D eigenvalue weighted by molar-refractivity contribution is -0.149. The molecule has 4 aliphatic heterocycles. The second kappa shape index (κ2) is 9.40. The number of nitrogens with zero attached hydrogens (tertiary/aromatic N) is 3. The molecule has 5 rings (SSSR count). The molecule has 0 radical (unpaired) electrons. The number of amides is 3. The summed E-state index contributed by atoms with van der Waals surface area (Å²) in [4.78, 5) is 47.4. The van der Waals surface area contributed by atoms with Crippen molar-refractivity contribution in [1.29, 1.82) is 0 Å². The lowest BCUT2D eigenvalue weighted by atomic mass is 9.73. The molecule has 2 fully saturated rings. The second-order valence-corrected chi connectivity index (χ2v) is 10.8. The van der Waals surface area contributed by atoms with E-state index in [4.69, 9.17) is 4.74 Å². The average molecular weight is 508 g/mol. The summed E-state index contributed by atoms with van der Waals surface area (Å²) in [5, 5.41) is 9.39. The maximum atomic E-state index is 14.5. The number of benzene rings is 1. The third kappa shape index (κ3) is 3.76. The SMILES string of the molecule is CC[C@@]12C=CCN(C)C(=O)[C@@H]1[C@H]1C(=O)N(CCCCO)C3C(=O)N(c4cc(C)ccc4C)CC=C[C@@]31O2. The highest BCUT2D eigenvalue weighted by molar-refractivity contribution is 6.06. The van der Waals surface area contributed by atoms with Crippen molar-refractivity contribution in [1.82, 2.24) is 9.80 Å². The van der Waals surface area contributed by atoms with Crippen molar-refractivity contribution in [2.75, 3.05) is 38.2 Å². The summed E-state index contributed by atoms with van der Waals surface area (Å²) in [6.45, 7) is 7.07. The standard InChI is InChI=1S/C29H37N3O5/c1-5-28-12-8-14-30(4)25(34)22(28)23-26(35)32(15-6-7-17-33)24-27(36)31(16-9-13-29(23,24)37-28)21-18-19(2)10-11-20(21)3/h8-13,18,22-24,33H,5-7,14-17H2,1-4H3/t22-,23-,24?,28+,29-/m0/s1. The van der Waals surface area contributed by atoms with Gasteiger partial charge >= 0.3 is 0 Å². The van der Waals surface area contributed by atoms with Crippen molar-refractivity contribution in [2.24, 2.45) is 11.8 Å². The Hall–Kier alpha value is -2.97. The van der Waals surface area contributed by atoms with Crippen LogP contribution in [0.1, 0.15) is 37.3 Å².